The fourth-order valence-electron chi connectivity index (χ4n) is 7.72. The molecule has 7 aromatic carbocycles. The zero-order valence-corrected chi connectivity index (χ0v) is 30.2. The molecule has 0 aliphatic rings. The van der Waals surface area contributed by atoms with Gasteiger partial charge < -0.3 is 9.13 Å². The van der Waals surface area contributed by atoms with Crippen LogP contribution in [0.2, 0.25) is 0 Å². The minimum absolute atomic E-state index is 1.16. The quantitative estimate of drug-likeness (QED) is 0.172. The van der Waals surface area contributed by atoms with E-state index in [0.29, 0.717) is 0 Å². The maximum atomic E-state index is 2.40. The molecule has 252 valence electrons. The molecule has 2 heterocycles. The summed E-state index contributed by atoms with van der Waals surface area (Å²) in [5.74, 6) is 0. The van der Waals surface area contributed by atoms with Crippen molar-refractivity contribution in [1.29, 1.82) is 0 Å². The highest BCUT2D eigenvalue weighted by Gasteiger charge is 2.16. The minimum atomic E-state index is 1.16. The van der Waals surface area contributed by atoms with Gasteiger partial charge in [0.25, 0.3) is 0 Å². The first-order valence-corrected chi connectivity index (χ1v) is 18.3. The first-order chi connectivity index (χ1) is 25.7. The van der Waals surface area contributed by atoms with Crippen LogP contribution in [0.25, 0.3) is 89.6 Å². The van der Waals surface area contributed by atoms with Crippen LogP contribution in [-0.2, 0) is 0 Å². The molecule has 0 saturated heterocycles. The molecule has 9 rings (SSSR count). The van der Waals surface area contributed by atoms with Crippen LogP contribution in [0.1, 0.15) is 27.7 Å². The molecule has 0 bridgehead atoms. The highest BCUT2D eigenvalue weighted by atomic mass is 15.0. The van der Waals surface area contributed by atoms with Gasteiger partial charge in [-0.25, -0.2) is 0 Å². The summed E-state index contributed by atoms with van der Waals surface area (Å²) in [4.78, 5) is 0. The SMILES string of the molecule is C/C=c1\c(=C/C)n(-c2cccc(-c3ccccc3)c2)c2ccc(-c3ccc4c(c3)c3ccccc3n4-c3cccc(-c4ccccc4)c3)cc12.CC. The van der Waals surface area contributed by atoms with Gasteiger partial charge in [0, 0.05) is 38.1 Å². The minimum Gasteiger partial charge on any atom is -0.310 e. The zero-order chi connectivity index (χ0) is 35.6. The molecule has 2 nitrogen and oxygen atoms in total. The Morgan fingerprint density at radius 2 is 0.808 bits per heavy atom. The Morgan fingerprint density at radius 1 is 0.346 bits per heavy atom. The van der Waals surface area contributed by atoms with Crippen molar-refractivity contribution in [2.45, 2.75) is 27.7 Å². The molecule has 0 radical (unpaired) electrons. The Labute approximate surface area is 305 Å². The van der Waals surface area contributed by atoms with Crippen molar-refractivity contribution < 1.29 is 0 Å². The Morgan fingerprint density at radius 3 is 1.38 bits per heavy atom. The number of para-hydroxylation sites is 1. The predicted octanol–water partition coefficient (Wildman–Crippen LogP) is 12.4. The zero-order valence-electron chi connectivity index (χ0n) is 30.2. The molecule has 0 fully saturated rings. The number of aromatic nitrogens is 2. The fourth-order valence-corrected chi connectivity index (χ4v) is 7.72. The lowest BCUT2D eigenvalue weighted by atomic mass is 10.0. The van der Waals surface area contributed by atoms with E-state index >= 15 is 0 Å². The van der Waals surface area contributed by atoms with Gasteiger partial charge in [0.05, 0.1) is 16.6 Å². The van der Waals surface area contributed by atoms with Crippen LogP contribution in [0.15, 0.2) is 170 Å². The van der Waals surface area contributed by atoms with Gasteiger partial charge in [-0.2, -0.15) is 0 Å². The molecule has 0 saturated carbocycles. The summed E-state index contributed by atoms with van der Waals surface area (Å²) >= 11 is 0. The van der Waals surface area contributed by atoms with E-state index in [1.807, 2.05) is 13.8 Å². The average molecular weight is 671 g/mol. The van der Waals surface area contributed by atoms with E-state index in [-0.39, 0.29) is 0 Å². The van der Waals surface area contributed by atoms with E-state index in [1.165, 1.54) is 76.7 Å². The van der Waals surface area contributed by atoms with E-state index in [9.17, 15) is 0 Å². The second kappa shape index (κ2) is 14.1. The van der Waals surface area contributed by atoms with Crippen molar-refractivity contribution >= 4 is 44.9 Å². The molecule has 52 heavy (non-hydrogen) atoms. The summed E-state index contributed by atoms with van der Waals surface area (Å²) in [7, 11) is 0. The van der Waals surface area contributed by atoms with Gasteiger partial charge in [-0.3, -0.25) is 0 Å². The van der Waals surface area contributed by atoms with Crippen molar-refractivity contribution in [1.82, 2.24) is 9.13 Å². The first-order valence-electron chi connectivity index (χ1n) is 18.3. The van der Waals surface area contributed by atoms with Crippen LogP contribution in [0.5, 0.6) is 0 Å². The number of hydrogen-bond donors (Lipinski definition) is 0. The smallest absolute Gasteiger partial charge is 0.0541 e. The molecule has 2 aromatic heterocycles. The van der Waals surface area contributed by atoms with Gasteiger partial charge in [-0.1, -0.05) is 141 Å². The molecule has 0 unspecified atom stereocenters. The third kappa shape index (κ3) is 5.63. The van der Waals surface area contributed by atoms with Crippen molar-refractivity contribution in [3.8, 4) is 44.8 Å². The van der Waals surface area contributed by atoms with Gasteiger partial charge in [-0.15, -0.1) is 0 Å². The van der Waals surface area contributed by atoms with Crippen molar-refractivity contribution in [3.05, 3.63) is 180 Å². The van der Waals surface area contributed by atoms with Crippen molar-refractivity contribution in [2.24, 2.45) is 0 Å². The molecule has 9 aromatic rings. The maximum absolute atomic E-state index is 2.40. The third-order valence-corrected chi connectivity index (χ3v) is 10.0. The lowest BCUT2D eigenvalue weighted by Crippen LogP contribution is -2.27. The molecule has 0 atom stereocenters. The van der Waals surface area contributed by atoms with E-state index in [2.05, 4.69) is 205 Å². The van der Waals surface area contributed by atoms with Crippen LogP contribution >= 0.6 is 0 Å². The predicted molar refractivity (Wildman–Crippen MR) is 225 cm³/mol. The first kappa shape index (κ1) is 32.8. The van der Waals surface area contributed by atoms with E-state index in [1.54, 1.807) is 0 Å². The summed E-state index contributed by atoms with van der Waals surface area (Å²) < 4.78 is 4.81. The van der Waals surface area contributed by atoms with Gasteiger partial charge in [-0.05, 0) is 102 Å². The Hall–Kier alpha value is -6.38. The standard InChI is InChI=1S/C48H36N2.C2H6/c1-3-41-43-31-37(25-27-47(43)49(45(41)4-2)39-21-13-19-35(29-39)33-15-7-5-8-16-33)38-26-28-48-44(32-38)42-23-11-12-24-46(42)50(48)40-22-14-20-36(30-40)34-17-9-6-10-18-34;1-2/h3-32H,1-2H3;1-2H3/b41-3-,45-4+;. The number of hydrogen-bond acceptors (Lipinski definition) is 0. The number of fused-ring (bicyclic) bond motifs is 4. The Kier molecular flexibility index (Phi) is 8.89. The fraction of sp³-hybridized carbons (Fsp3) is 0.0800. The summed E-state index contributed by atoms with van der Waals surface area (Å²) in [6.45, 7) is 8.28. The second-order valence-corrected chi connectivity index (χ2v) is 12.9. The Bertz CT molecular complexity index is 2820. The highest BCUT2D eigenvalue weighted by molar-refractivity contribution is 6.10. The summed E-state index contributed by atoms with van der Waals surface area (Å²) in [6, 6.07) is 61.6. The lowest BCUT2D eigenvalue weighted by molar-refractivity contribution is 1.07. The average Bonchev–Trinajstić information content (AvgIpc) is 3.74. The highest BCUT2D eigenvalue weighted by Crippen LogP contribution is 2.36. The molecular formula is C50H42N2. The molecule has 0 N–H and O–H groups in total. The largest absolute Gasteiger partial charge is 0.310 e. The monoisotopic (exact) mass is 670 g/mol. The number of nitrogens with zero attached hydrogens (tertiary/aromatic N) is 2. The van der Waals surface area contributed by atoms with E-state index in [0.717, 1.165) is 11.4 Å². The van der Waals surface area contributed by atoms with Crippen LogP contribution < -0.4 is 10.6 Å². The van der Waals surface area contributed by atoms with Crippen LogP contribution in [-0.4, -0.2) is 9.13 Å². The molecule has 0 aliphatic carbocycles. The molecule has 2 heteroatoms. The van der Waals surface area contributed by atoms with Crippen LogP contribution in [0, 0.1) is 0 Å². The molecule has 0 aliphatic heterocycles. The van der Waals surface area contributed by atoms with Crippen molar-refractivity contribution in [2.75, 3.05) is 0 Å². The molecule has 0 amide bonds. The third-order valence-electron chi connectivity index (χ3n) is 10.0. The second-order valence-electron chi connectivity index (χ2n) is 12.9. The van der Waals surface area contributed by atoms with Crippen molar-refractivity contribution in [3.63, 3.8) is 0 Å². The van der Waals surface area contributed by atoms with Gasteiger partial charge >= 0.3 is 0 Å². The Balaban J connectivity index is 0.00000190. The lowest BCUT2D eigenvalue weighted by Gasteiger charge is -2.11. The van der Waals surface area contributed by atoms with Gasteiger partial charge in [0.15, 0.2) is 0 Å². The van der Waals surface area contributed by atoms with Crippen LogP contribution in [0.4, 0.5) is 0 Å². The normalized spacial score (nSPS) is 12.1. The molecule has 0 spiro atoms. The van der Waals surface area contributed by atoms with E-state index in [4.69, 9.17) is 0 Å². The summed E-state index contributed by atoms with van der Waals surface area (Å²) in [5, 5.41) is 6.23. The van der Waals surface area contributed by atoms with E-state index < -0.39 is 0 Å². The summed E-state index contributed by atoms with van der Waals surface area (Å²) in [5.41, 5.74) is 13.2. The number of rotatable bonds is 5. The summed E-state index contributed by atoms with van der Waals surface area (Å²) in [6.07, 6.45) is 4.48. The topological polar surface area (TPSA) is 9.86 Å². The number of benzene rings is 7. The van der Waals surface area contributed by atoms with Gasteiger partial charge in [0.2, 0.25) is 0 Å². The van der Waals surface area contributed by atoms with Gasteiger partial charge in [0.1, 0.15) is 0 Å². The van der Waals surface area contributed by atoms with Crippen LogP contribution in [0.3, 0.4) is 0 Å². The maximum Gasteiger partial charge on any atom is 0.0541 e. The molecular weight excluding hydrogens is 629 g/mol.